The molecule has 3 aliphatic rings. The number of rotatable bonds is 2. The van der Waals surface area contributed by atoms with Crippen molar-refractivity contribution in [3.05, 3.63) is 59.7 Å². The van der Waals surface area contributed by atoms with Crippen molar-refractivity contribution < 1.29 is 14.3 Å². The SMILES string of the molecule is O=C(c1ccc2c(c1)OCCO2)N1[C@@H]2CC[C@H]1CC(c1ccccc1)C2. The summed E-state index contributed by atoms with van der Waals surface area (Å²) in [6.45, 7) is 1.11. The number of piperidine rings is 1. The molecule has 0 saturated carbocycles. The summed E-state index contributed by atoms with van der Waals surface area (Å²) in [7, 11) is 0. The average Bonchev–Trinajstić information content (AvgIpc) is 2.97. The molecule has 3 aliphatic heterocycles. The summed E-state index contributed by atoms with van der Waals surface area (Å²) in [5.74, 6) is 2.13. The van der Waals surface area contributed by atoms with Crippen LogP contribution in [0.5, 0.6) is 11.5 Å². The van der Waals surface area contributed by atoms with Crippen molar-refractivity contribution in [3.8, 4) is 11.5 Å². The lowest BCUT2D eigenvalue weighted by Crippen LogP contribution is -2.46. The minimum Gasteiger partial charge on any atom is -0.486 e. The Kier molecular flexibility index (Phi) is 3.84. The van der Waals surface area contributed by atoms with Crippen LogP contribution in [0, 0.1) is 0 Å². The molecule has 134 valence electrons. The van der Waals surface area contributed by atoms with Crippen molar-refractivity contribution in [3.63, 3.8) is 0 Å². The van der Waals surface area contributed by atoms with Crippen molar-refractivity contribution in [1.29, 1.82) is 0 Å². The number of hydrogen-bond donors (Lipinski definition) is 0. The highest BCUT2D eigenvalue weighted by Gasteiger charge is 2.43. The molecule has 1 unspecified atom stereocenters. The van der Waals surface area contributed by atoms with Crippen molar-refractivity contribution in [2.45, 2.75) is 43.7 Å². The summed E-state index contributed by atoms with van der Waals surface area (Å²) >= 11 is 0. The van der Waals surface area contributed by atoms with Gasteiger partial charge in [-0.2, -0.15) is 0 Å². The van der Waals surface area contributed by atoms with Crippen LogP contribution in [0.2, 0.25) is 0 Å². The summed E-state index contributed by atoms with van der Waals surface area (Å²) in [4.78, 5) is 15.4. The van der Waals surface area contributed by atoms with E-state index in [-0.39, 0.29) is 5.91 Å². The van der Waals surface area contributed by atoms with Gasteiger partial charge in [-0.05, 0) is 55.4 Å². The Morgan fingerprint density at radius 1 is 0.885 bits per heavy atom. The third-order valence-corrected chi connectivity index (χ3v) is 6.03. The number of benzene rings is 2. The van der Waals surface area contributed by atoms with E-state index in [1.54, 1.807) is 0 Å². The second-order valence-corrected chi connectivity index (χ2v) is 7.53. The van der Waals surface area contributed by atoms with Gasteiger partial charge in [-0.1, -0.05) is 30.3 Å². The third-order valence-electron chi connectivity index (χ3n) is 6.03. The first-order valence-corrected chi connectivity index (χ1v) is 9.57. The topological polar surface area (TPSA) is 38.8 Å². The Morgan fingerprint density at radius 2 is 1.58 bits per heavy atom. The Balaban J connectivity index is 1.37. The Bertz CT molecular complexity index is 805. The van der Waals surface area contributed by atoms with Gasteiger partial charge >= 0.3 is 0 Å². The monoisotopic (exact) mass is 349 g/mol. The molecule has 1 amide bonds. The normalized spacial score (nSPS) is 26.6. The van der Waals surface area contributed by atoms with Crippen molar-refractivity contribution in [2.75, 3.05) is 13.2 Å². The number of carbonyl (C=O) groups is 1. The molecule has 0 spiro atoms. The number of ether oxygens (including phenoxy) is 2. The van der Waals surface area contributed by atoms with Crippen LogP contribution in [0.1, 0.15) is 47.5 Å². The largest absolute Gasteiger partial charge is 0.486 e. The number of carbonyl (C=O) groups excluding carboxylic acids is 1. The lowest BCUT2D eigenvalue weighted by molar-refractivity contribution is 0.0570. The Labute approximate surface area is 153 Å². The quantitative estimate of drug-likeness (QED) is 0.822. The highest BCUT2D eigenvalue weighted by molar-refractivity contribution is 5.95. The van der Waals surface area contributed by atoms with Crippen molar-refractivity contribution in [1.82, 2.24) is 4.90 Å². The molecule has 26 heavy (non-hydrogen) atoms. The van der Waals surface area contributed by atoms with E-state index in [0.29, 0.717) is 42.5 Å². The highest BCUT2D eigenvalue weighted by Crippen LogP contribution is 2.44. The predicted molar refractivity (Wildman–Crippen MR) is 98.8 cm³/mol. The maximum absolute atomic E-state index is 13.2. The molecule has 3 heterocycles. The fourth-order valence-electron chi connectivity index (χ4n) is 4.83. The zero-order valence-electron chi connectivity index (χ0n) is 14.8. The fourth-order valence-corrected chi connectivity index (χ4v) is 4.83. The molecule has 3 atom stereocenters. The van der Waals surface area contributed by atoms with Gasteiger partial charge in [0.25, 0.3) is 5.91 Å². The molecule has 5 rings (SSSR count). The number of fused-ring (bicyclic) bond motifs is 3. The molecule has 2 fully saturated rings. The van der Waals surface area contributed by atoms with Crippen LogP contribution in [-0.4, -0.2) is 36.1 Å². The first-order chi connectivity index (χ1) is 12.8. The first kappa shape index (κ1) is 15.7. The molecule has 4 nitrogen and oxygen atoms in total. The smallest absolute Gasteiger partial charge is 0.254 e. The van der Waals surface area contributed by atoms with Gasteiger partial charge in [-0.3, -0.25) is 4.79 Å². The molecular formula is C22H23NO3. The van der Waals surface area contributed by atoms with Crippen LogP contribution < -0.4 is 9.47 Å². The summed E-state index contributed by atoms with van der Waals surface area (Å²) in [5.41, 5.74) is 2.13. The van der Waals surface area contributed by atoms with Crippen LogP contribution in [-0.2, 0) is 0 Å². The van der Waals surface area contributed by atoms with E-state index in [2.05, 4.69) is 35.2 Å². The lowest BCUT2D eigenvalue weighted by atomic mass is 9.85. The average molecular weight is 349 g/mol. The molecule has 4 heteroatoms. The van der Waals surface area contributed by atoms with Crippen molar-refractivity contribution in [2.24, 2.45) is 0 Å². The molecule has 0 aliphatic carbocycles. The molecule has 0 aromatic heterocycles. The van der Waals surface area contributed by atoms with Gasteiger partial charge in [0.1, 0.15) is 13.2 Å². The van der Waals surface area contributed by atoms with E-state index >= 15 is 0 Å². The number of amides is 1. The van der Waals surface area contributed by atoms with E-state index in [9.17, 15) is 4.79 Å². The lowest BCUT2D eigenvalue weighted by Gasteiger charge is -2.39. The summed E-state index contributed by atoms with van der Waals surface area (Å²) in [6.07, 6.45) is 4.36. The molecule has 0 N–H and O–H groups in total. The molecule has 2 bridgehead atoms. The first-order valence-electron chi connectivity index (χ1n) is 9.57. The van der Waals surface area contributed by atoms with Crippen LogP contribution in [0.25, 0.3) is 0 Å². The van der Waals surface area contributed by atoms with E-state index in [1.807, 2.05) is 18.2 Å². The zero-order chi connectivity index (χ0) is 17.5. The van der Waals surface area contributed by atoms with E-state index in [1.165, 1.54) is 5.56 Å². The highest BCUT2D eigenvalue weighted by atomic mass is 16.6. The minimum absolute atomic E-state index is 0.140. The van der Waals surface area contributed by atoms with Crippen LogP contribution in [0.4, 0.5) is 0 Å². The van der Waals surface area contributed by atoms with Gasteiger partial charge < -0.3 is 14.4 Å². The summed E-state index contributed by atoms with van der Waals surface area (Å²) in [6, 6.07) is 17.0. The molecule has 0 radical (unpaired) electrons. The second-order valence-electron chi connectivity index (χ2n) is 7.53. The third kappa shape index (κ3) is 2.64. The molecule has 2 aromatic carbocycles. The second kappa shape index (κ2) is 6.35. The van der Waals surface area contributed by atoms with Gasteiger partial charge in [-0.25, -0.2) is 0 Å². The van der Waals surface area contributed by atoms with Gasteiger partial charge in [-0.15, -0.1) is 0 Å². The maximum atomic E-state index is 13.2. The van der Waals surface area contributed by atoms with Gasteiger partial charge in [0, 0.05) is 17.6 Å². The number of nitrogens with zero attached hydrogens (tertiary/aromatic N) is 1. The van der Waals surface area contributed by atoms with E-state index in [0.717, 1.165) is 31.4 Å². The summed E-state index contributed by atoms with van der Waals surface area (Å²) < 4.78 is 11.2. The van der Waals surface area contributed by atoms with Gasteiger partial charge in [0.2, 0.25) is 0 Å². The standard InChI is InChI=1S/C22H23NO3/c24-22(16-6-9-20-21(14-16)26-11-10-25-20)23-18-7-8-19(23)13-17(12-18)15-4-2-1-3-5-15/h1-6,9,14,17-19H,7-8,10-13H2/t17?,18-,19+. The van der Waals surface area contributed by atoms with Crippen molar-refractivity contribution >= 4 is 5.91 Å². The Hall–Kier alpha value is -2.49. The molecular weight excluding hydrogens is 326 g/mol. The maximum Gasteiger partial charge on any atom is 0.254 e. The van der Waals surface area contributed by atoms with Gasteiger partial charge in [0.15, 0.2) is 11.5 Å². The molecule has 2 aromatic rings. The number of hydrogen-bond acceptors (Lipinski definition) is 3. The van der Waals surface area contributed by atoms with Gasteiger partial charge in [0.05, 0.1) is 0 Å². The molecule has 2 saturated heterocycles. The minimum atomic E-state index is 0.140. The zero-order valence-corrected chi connectivity index (χ0v) is 14.8. The van der Waals surface area contributed by atoms with Crippen LogP contribution in [0.15, 0.2) is 48.5 Å². The van der Waals surface area contributed by atoms with Crippen LogP contribution in [0.3, 0.4) is 0 Å². The van der Waals surface area contributed by atoms with E-state index in [4.69, 9.17) is 9.47 Å². The summed E-state index contributed by atoms with van der Waals surface area (Å²) in [5, 5.41) is 0. The Morgan fingerprint density at radius 3 is 2.31 bits per heavy atom. The van der Waals surface area contributed by atoms with Crippen LogP contribution >= 0.6 is 0 Å². The van der Waals surface area contributed by atoms with E-state index < -0.39 is 0 Å². The fraction of sp³-hybridized carbons (Fsp3) is 0.409. The predicted octanol–water partition coefficient (Wildman–Crippen LogP) is 4.01.